The van der Waals surface area contributed by atoms with Crippen molar-refractivity contribution in [2.45, 2.75) is 19.6 Å². The minimum absolute atomic E-state index is 0.117. The Morgan fingerprint density at radius 2 is 0.818 bits per heavy atom. The van der Waals surface area contributed by atoms with Crippen LogP contribution in [0.3, 0.4) is 0 Å². The molecule has 0 amide bonds. The lowest BCUT2D eigenvalue weighted by molar-refractivity contribution is 0.479. The molecule has 0 bridgehead atoms. The molecule has 4 aromatic carbocycles. The molecule has 33 heavy (non-hydrogen) atoms. The van der Waals surface area contributed by atoms with Gasteiger partial charge in [-0.3, -0.25) is 0 Å². The molecule has 4 aromatic rings. The molecular formula is C24H16F2O5S2. The molecule has 5 nitrogen and oxygen atoms in total. The number of hydrogen-bond donors (Lipinski definition) is 0. The Balaban J connectivity index is 1.65. The molecule has 0 aromatic heterocycles. The summed E-state index contributed by atoms with van der Waals surface area (Å²) in [7, 11) is -8.00. The second kappa shape index (κ2) is 8.76. The highest BCUT2D eigenvalue weighted by Gasteiger charge is 2.21. The average molecular weight is 487 g/mol. The molecule has 0 saturated carbocycles. The zero-order chi connectivity index (χ0) is 23.6. The summed E-state index contributed by atoms with van der Waals surface area (Å²) in [6, 6.07) is 20.4. The molecule has 0 aliphatic carbocycles. The fourth-order valence-electron chi connectivity index (χ4n) is 3.09. The smallest absolute Gasteiger partial charge is 0.206 e. The number of rotatable bonds is 6. The Morgan fingerprint density at radius 3 is 1.18 bits per heavy atom. The maximum atomic E-state index is 13.5. The van der Waals surface area contributed by atoms with Crippen LogP contribution in [0.2, 0.25) is 0 Å². The van der Waals surface area contributed by atoms with E-state index in [-0.39, 0.29) is 31.1 Å². The quantitative estimate of drug-likeness (QED) is 0.364. The molecular weight excluding hydrogens is 470 g/mol. The average Bonchev–Trinajstić information content (AvgIpc) is 2.79. The molecule has 168 valence electrons. The maximum absolute atomic E-state index is 13.5. The van der Waals surface area contributed by atoms with Gasteiger partial charge >= 0.3 is 0 Å². The third-order valence-electron chi connectivity index (χ3n) is 4.68. The van der Waals surface area contributed by atoms with Gasteiger partial charge in [-0.15, -0.1) is 0 Å². The van der Waals surface area contributed by atoms with Crippen LogP contribution in [-0.4, -0.2) is 16.8 Å². The van der Waals surface area contributed by atoms with E-state index in [1.165, 1.54) is 72.8 Å². The Bertz CT molecular complexity index is 1430. The van der Waals surface area contributed by atoms with Crippen molar-refractivity contribution in [2.24, 2.45) is 0 Å². The fourth-order valence-corrected chi connectivity index (χ4v) is 5.74. The summed E-state index contributed by atoms with van der Waals surface area (Å²) in [6.07, 6.45) is 0. The normalized spacial score (nSPS) is 11.8. The van der Waals surface area contributed by atoms with Crippen LogP contribution in [0.25, 0.3) is 0 Å². The largest absolute Gasteiger partial charge is 0.457 e. The predicted octanol–water partition coefficient (Wildman–Crippen LogP) is 5.42. The van der Waals surface area contributed by atoms with Gasteiger partial charge in [0, 0.05) is 0 Å². The van der Waals surface area contributed by atoms with Gasteiger partial charge in [0.05, 0.1) is 19.6 Å². The second-order valence-electron chi connectivity index (χ2n) is 6.97. The molecule has 0 aliphatic heterocycles. The molecule has 0 atom stereocenters. The summed E-state index contributed by atoms with van der Waals surface area (Å²) in [6.45, 7) is 0. The van der Waals surface area contributed by atoms with E-state index in [0.29, 0.717) is 0 Å². The van der Waals surface area contributed by atoms with Crippen LogP contribution in [0.5, 0.6) is 11.5 Å². The number of benzene rings is 4. The van der Waals surface area contributed by atoms with Gasteiger partial charge in [0.25, 0.3) is 0 Å². The van der Waals surface area contributed by atoms with Crippen molar-refractivity contribution in [1.29, 1.82) is 0 Å². The Hall–Kier alpha value is -3.56. The predicted molar refractivity (Wildman–Crippen MR) is 117 cm³/mol. The van der Waals surface area contributed by atoms with E-state index in [2.05, 4.69) is 0 Å². The minimum Gasteiger partial charge on any atom is -0.457 e. The summed E-state index contributed by atoms with van der Waals surface area (Å²) in [5.41, 5.74) is 0. The Kier molecular flexibility index (Phi) is 6.01. The lowest BCUT2D eigenvalue weighted by Crippen LogP contribution is -2.03. The summed E-state index contributed by atoms with van der Waals surface area (Å²) in [5.74, 6) is -1.10. The number of ether oxygens (including phenoxy) is 1. The van der Waals surface area contributed by atoms with Crippen molar-refractivity contribution in [3.63, 3.8) is 0 Å². The fraction of sp³-hybridized carbons (Fsp3) is 0. The van der Waals surface area contributed by atoms with Crippen molar-refractivity contribution in [3.05, 3.63) is 109 Å². The van der Waals surface area contributed by atoms with Crippen LogP contribution in [0, 0.1) is 11.6 Å². The number of halogens is 2. The summed E-state index contributed by atoms with van der Waals surface area (Å²) < 4.78 is 84.0. The van der Waals surface area contributed by atoms with E-state index in [9.17, 15) is 25.6 Å². The third kappa shape index (κ3) is 4.79. The summed E-state index contributed by atoms with van der Waals surface area (Å²) >= 11 is 0. The van der Waals surface area contributed by atoms with Crippen LogP contribution in [0.4, 0.5) is 8.78 Å². The summed E-state index contributed by atoms with van der Waals surface area (Å²) in [5, 5.41) is 0. The first-order chi connectivity index (χ1) is 15.7. The van der Waals surface area contributed by atoms with Gasteiger partial charge in [0.15, 0.2) is 0 Å². The second-order valence-corrected chi connectivity index (χ2v) is 10.9. The van der Waals surface area contributed by atoms with Gasteiger partial charge in [0.1, 0.15) is 23.1 Å². The SMILES string of the molecule is O=S(=O)(c1cccc(F)c1)c1cccc(Oc2cccc(S(=O)(=O)c3cccc(F)c3)c2)c1. The molecule has 0 aliphatic rings. The molecule has 0 N–H and O–H groups in total. The molecule has 9 heteroatoms. The monoisotopic (exact) mass is 486 g/mol. The van der Waals surface area contributed by atoms with Crippen molar-refractivity contribution < 1.29 is 30.4 Å². The minimum atomic E-state index is -4.00. The Morgan fingerprint density at radius 1 is 0.485 bits per heavy atom. The van der Waals surface area contributed by atoms with E-state index >= 15 is 0 Å². The lowest BCUT2D eigenvalue weighted by Gasteiger charge is -2.10. The molecule has 0 fully saturated rings. The van der Waals surface area contributed by atoms with Gasteiger partial charge in [-0.05, 0) is 72.8 Å². The van der Waals surface area contributed by atoms with Crippen molar-refractivity contribution in [3.8, 4) is 11.5 Å². The molecule has 0 unspecified atom stereocenters. The summed E-state index contributed by atoms with van der Waals surface area (Å²) in [4.78, 5) is -0.644. The molecule has 0 radical (unpaired) electrons. The lowest BCUT2D eigenvalue weighted by atomic mass is 10.3. The molecule has 0 heterocycles. The zero-order valence-electron chi connectivity index (χ0n) is 16.9. The van der Waals surface area contributed by atoms with E-state index in [0.717, 1.165) is 24.3 Å². The van der Waals surface area contributed by atoms with Crippen molar-refractivity contribution >= 4 is 19.7 Å². The van der Waals surface area contributed by atoms with Crippen LogP contribution >= 0.6 is 0 Å². The van der Waals surface area contributed by atoms with Crippen molar-refractivity contribution in [2.75, 3.05) is 0 Å². The van der Waals surface area contributed by atoms with Gasteiger partial charge in [-0.1, -0.05) is 24.3 Å². The van der Waals surface area contributed by atoms with Gasteiger partial charge in [-0.25, -0.2) is 25.6 Å². The van der Waals surface area contributed by atoms with E-state index in [4.69, 9.17) is 4.74 Å². The van der Waals surface area contributed by atoms with Gasteiger partial charge in [0.2, 0.25) is 19.7 Å². The van der Waals surface area contributed by atoms with Crippen LogP contribution in [0.1, 0.15) is 0 Å². The van der Waals surface area contributed by atoms with E-state index in [1.54, 1.807) is 0 Å². The Labute approximate surface area is 189 Å². The number of hydrogen-bond acceptors (Lipinski definition) is 5. The number of sulfone groups is 2. The van der Waals surface area contributed by atoms with Crippen LogP contribution < -0.4 is 4.74 Å². The molecule has 0 spiro atoms. The highest BCUT2D eigenvalue weighted by molar-refractivity contribution is 7.91. The van der Waals surface area contributed by atoms with E-state index < -0.39 is 31.3 Å². The third-order valence-corrected chi connectivity index (χ3v) is 8.18. The van der Waals surface area contributed by atoms with Crippen LogP contribution in [0.15, 0.2) is 117 Å². The van der Waals surface area contributed by atoms with E-state index in [1.807, 2.05) is 0 Å². The highest BCUT2D eigenvalue weighted by Crippen LogP contribution is 2.30. The first-order valence-corrected chi connectivity index (χ1v) is 12.5. The van der Waals surface area contributed by atoms with Crippen molar-refractivity contribution in [1.82, 2.24) is 0 Å². The standard InChI is InChI=1S/C24H16F2O5S2/c25-17-5-1-9-21(13-17)32(27,28)23-11-3-7-19(15-23)31-20-8-4-12-24(16-20)33(29,30)22-10-2-6-18(26)14-22/h1-16H. The first kappa shape index (κ1) is 22.6. The van der Waals surface area contributed by atoms with Gasteiger partial charge in [-0.2, -0.15) is 0 Å². The highest BCUT2D eigenvalue weighted by atomic mass is 32.2. The maximum Gasteiger partial charge on any atom is 0.206 e. The first-order valence-electron chi connectivity index (χ1n) is 9.55. The zero-order valence-corrected chi connectivity index (χ0v) is 18.5. The molecule has 0 saturated heterocycles. The topological polar surface area (TPSA) is 77.5 Å². The van der Waals surface area contributed by atoms with Crippen LogP contribution in [-0.2, 0) is 19.7 Å². The van der Waals surface area contributed by atoms with Gasteiger partial charge < -0.3 is 4.74 Å². The molecule has 4 rings (SSSR count).